The predicted octanol–water partition coefficient (Wildman–Crippen LogP) is 1.57. The summed E-state index contributed by atoms with van der Waals surface area (Å²) in [4.78, 5) is 16.4. The van der Waals surface area contributed by atoms with Gasteiger partial charge in [-0.15, -0.1) is 0 Å². The van der Waals surface area contributed by atoms with E-state index in [4.69, 9.17) is 0 Å². The lowest BCUT2D eigenvalue weighted by molar-refractivity contribution is -0.153. The van der Waals surface area contributed by atoms with Crippen molar-refractivity contribution in [3.8, 4) is 6.07 Å². The number of carbonyl (C=O) groups excluding carboxylic acids is 1. The van der Waals surface area contributed by atoms with Gasteiger partial charge in [-0.05, 0) is 55.7 Å². The van der Waals surface area contributed by atoms with Crippen molar-refractivity contribution in [2.75, 3.05) is 18.4 Å². The summed E-state index contributed by atoms with van der Waals surface area (Å²) in [5.74, 6) is -0.103. The number of nitriles is 1. The number of rotatable bonds is 0. The second kappa shape index (κ2) is 3.58. The quantitative estimate of drug-likeness (QED) is 0.745. The van der Waals surface area contributed by atoms with E-state index in [-0.39, 0.29) is 17.2 Å². The van der Waals surface area contributed by atoms with Gasteiger partial charge < -0.3 is 10.4 Å². The average Bonchev–Trinajstić information content (AvgIpc) is 3.12. The first-order valence-electron chi connectivity index (χ1n) is 9.82. The molecule has 5 fully saturated rings. The molecular formula is C21H21N3O2. The Morgan fingerprint density at radius 2 is 2.12 bits per heavy atom. The summed E-state index contributed by atoms with van der Waals surface area (Å²) in [5.41, 5.74) is -1.97. The van der Waals surface area contributed by atoms with Crippen LogP contribution in [0.15, 0.2) is 24.3 Å². The van der Waals surface area contributed by atoms with Crippen LogP contribution in [0.25, 0.3) is 0 Å². The molecule has 3 aliphatic heterocycles. The van der Waals surface area contributed by atoms with Crippen molar-refractivity contribution in [3.63, 3.8) is 0 Å². The van der Waals surface area contributed by atoms with Crippen LogP contribution in [0.4, 0.5) is 5.69 Å². The van der Waals surface area contributed by atoms with Crippen molar-refractivity contribution < 1.29 is 9.90 Å². The first-order chi connectivity index (χ1) is 12.5. The van der Waals surface area contributed by atoms with Gasteiger partial charge in [0, 0.05) is 18.3 Å². The Balaban J connectivity index is 1.71. The maximum atomic E-state index is 13.9. The summed E-state index contributed by atoms with van der Waals surface area (Å²) in [5, 5.41) is 26.1. The number of fused-ring (bicyclic) bond motifs is 1. The van der Waals surface area contributed by atoms with Crippen molar-refractivity contribution in [1.82, 2.24) is 4.90 Å². The highest BCUT2D eigenvalue weighted by atomic mass is 16.3. The summed E-state index contributed by atoms with van der Waals surface area (Å²) in [6.45, 7) is 1.50. The van der Waals surface area contributed by atoms with Crippen LogP contribution in [-0.4, -0.2) is 46.1 Å². The van der Waals surface area contributed by atoms with Gasteiger partial charge >= 0.3 is 0 Å². The van der Waals surface area contributed by atoms with Crippen molar-refractivity contribution in [3.05, 3.63) is 29.8 Å². The highest BCUT2D eigenvalue weighted by Gasteiger charge is 2.96. The monoisotopic (exact) mass is 347 g/mol. The van der Waals surface area contributed by atoms with Crippen LogP contribution in [0.3, 0.4) is 0 Å². The van der Waals surface area contributed by atoms with Crippen LogP contribution in [0.1, 0.15) is 37.7 Å². The van der Waals surface area contributed by atoms with E-state index in [0.29, 0.717) is 13.0 Å². The summed E-state index contributed by atoms with van der Waals surface area (Å²) in [6.07, 6.45) is 4.33. The van der Waals surface area contributed by atoms with Crippen LogP contribution in [0.5, 0.6) is 0 Å². The highest BCUT2D eigenvalue weighted by Crippen LogP contribution is 2.83. The summed E-state index contributed by atoms with van der Waals surface area (Å²) in [6, 6.07) is 10.9. The van der Waals surface area contributed by atoms with Gasteiger partial charge in [-0.3, -0.25) is 9.69 Å². The van der Waals surface area contributed by atoms with Gasteiger partial charge in [-0.2, -0.15) is 5.26 Å². The molecule has 1 aromatic rings. The largest absolute Gasteiger partial charge is 0.380 e. The lowest BCUT2D eigenvalue weighted by Gasteiger charge is -2.63. The predicted molar refractivity (Wildman–Crippen MR) is 93.4 cm³/mol. The fraction of sp³-hybridized carbons (Fsp3) is 0.619. The maximum absolute atomic E-state index is 13.9. The minimum absolute atomic E-state index is 0.0430. The third kappa shape index (κ3) is 0.926. The van der Waals surface area contributed by atoms with Gasteiger partial charge in [-0.1, -0.05) is 18.2 Å². The van der Waals surface area contributed by atoms with Crippen molar-refractivity contribution in [2.45, 2.75) is 54.7 Å². The third-order valence-electron chi connectivity index (χ3n) is 9.23. The minimum Gasteiger partial charge on any atom is -0.380 e. The Hall–Kier alpha value is -1.90. The molecule has 5 nitrogen and oxygen atoms in total. The molecule has 0 aromatic heterocycles. The average molecular weight is 347 g/mol. The van der Waals surface area contributed by atoms with Crippen molar-refractivity contribution in [2.24, 2.45) is 10.8 Å². The third-order valence-corrected chi connectivity index (χ3v) is 9.23. The highest BCUT2D eigenvalue weighted by molar-refractivity contribution is 6.09. The topological polar surface area (TPSA) is 76.4 Å². The van der Waals surface area contributed by atoms with E-state index in [0.717, 1.165) is 43.5 Å². The first kappa shape index (κ1) is 14.2. The second-order valence-corrected chi connectivity index (χ2v) is 9.61. The van der Waals surface area contributed by atoms with Gasteiger partial charge in [0.25, 0.3) is 0 Å². The van der Waals surface area contributed by atoms with E-state index < -0.39 is 22.0 Å². The zero-order valence-electron chi connectivity index (χ0n) is 14.6. The number of carbonyl (C=O) groups is 1. The van der Waals surface area contributed by atoms with E-state index in [9.17, 15) is 15.2 Å². The van der Waals surface area contributed by atoms with E-state index in [2.05, 4.69) is 22.4 Å². The molecule has 2 unspecified atom stereocenters. The zero-order chi connectivity index (χ0) is 17.6. The normalized spacial score (nSPS) is 54.6. The van der Waals surface area contributed by atoms with Gasteiger partial charge in [0.1, 0.15) is 16.6 Å². The van der Waals surface area contributed by atoms with Crippen LogP contribution in [0, 0.1) is 22.2 Å². The van der Waals surface area contributed by atoms with Crippen molar-refractivity contribution in [1.29, 1.82) is 5.26 Å². The smallest absolute Gasteiger partial charge is 0.192 e. The Morgan fingerprint density at radius 3 is 2.96 bits per heavy atom. The van der Waals surface area contributed by atoms with Gasteiger partial charge in [0.15, 0.2) is 5.78 Å². The standard InChI is InChI=1S/C21H21N3O2/c22-11-18-12-24-9-3-6-17-7-8-19(16(25)20(18,26)10-17)21(18,15(17)24)13-4-1-2-5-14(13)23-19/h1-2,4-5,15,23,26H,3,6-10,12H2/t15-,17+,18?,19+,20?,21+/m0/s1. The van der Waals surface area contributed by atoms with Crippen LogP contribution < -0.4 is 5.32 Å². The molecular weight excluding hydrogens is 326 g/mol. The lowest BCUT2D eigenvalue weighted by Crippen LogP contribution is -2.72. The number of anilines is 1. The van der Waals surface area contributed by atoms with Gasteiger partial charge in [0.2, 0.25) is 0 Å². The SMILES string of the molecule is N#CC12CN3CCC[C@]45CC[C@@]6(Nc7ccccc7[C@@]16[C@@H]34)C(=O)C2(O)C5. The number of aliphatic hydroxyl groups is 1. The molecule has 26 heavy (non-hydrogen) atoms. The molecule has 7 rings (SSSR count). The number of para-hydroxylation sites is 1. The van der Waals surface area contributed by atoms with Crippen molar-refractivity contribution >= 4 is 11.5 Å². The molecule has 1 spiro atoms. The molecule has 0 amide bonds. The van der Waals surface area contributed by atoms with Crippen LogP contribution >= 0.6 is 0 Å². The van der Waals surface area contributed by atoms with E-state index in [1.165, 1.54) is 0 Å². The Morgan fingerprint density at radius 1 is 1.27 bits per heavy atom. The number of nitrogens with zero attached hydrogens (tertiary/aromatic N) is 2. The molecule has 3 saturated carbocycles. The molecule has 5 bridgehead atoms. The number of Topliss-reactive ketones (excluding diaryl/α,β-unsaturated/α-hetero) is 1. The Labute approximate surface area is 152 Å². The summed E-state index contributed by atoms with van der Waals surface area (Å²) < 4.78 is 0. The van der Waals surface area contributed by atoms with Gasteiger partial charge in [0.05, 0.1) is 11.5 Å². The second-order valence-electron chi connectivity index (χ2n) is 9.61. The van der Waals surface area contributed by atoms with E-state index >= 15 is 0 Å². The molecule has 2 N–H and O–H groups in total. The molecule has 3 aliphatic carbocycles. The Bertz CT molecular complexity index is 970. The fourth-order valence-corrected chi connectivity index (χ4v) is 8.86. The molecule has 5 heteroatoms. The first-order valence-corrected chi connectivity index (χ1v) is 9.82. The number of benzene rings is 1. The van der Waals surface area contributed by atoms with Crippen LogP contribution in [-0.2, 0) is 10.2 Å². The molecule has 132 valence electrons. The number of hydrogen-bond donors (Lipinski definition) is 2. The zero-order valence-corrected chi connectivity index (χ0v) is 14.6. The number of ketones is 1. The molecule has 0 radical (unpaired) electrons. The van der Waals surface area contributed by atoms with E-state index in [1.54, 1.807) is 0 Å². The van der Waals surface area contributed by atoms with E-state index in [1.807, 2.05) is 18.2 Å². The Kier molecular flexibility index (Phi) is 1.96. The minimum atomic E-state index is -1.53. The summed E-state index contributed by atoms with van der Waals surface area (Å²) in [7, 11) is 0. The maximum Gasteiger partial charge on any atom is 0.192 e. The number of nitrogens with one attached hydrogen (secondary N) is 1. The summed E-state index contributed by atoms with van der Waals surface area (Å²) >= 11 is 0. The molecule has 3 heterocycles. The molecule has 2 saturated heterocycles. The molecule has 1 aromatic carbocycles. The fourth-order valence-electron chi connectivity index (χ4n) is 8.86. The molecule has 6 atom stereocenters. The van der Waals surface area contributed by atoms with Gasteiger partial charge in [-0.25, -0.2) is 0 Å². The number of hydrogen-bond acceptors (Lipinski definition) is 5. The lowest BCUT2D eigenvalue weighted by atomic mass is 9.40. The van der Waals surface area contributed by atoms with Crippen LogP contribution in [0.2, 0.25) is 0 Å². The molecule has 6 aliphatic rings. The number of piperidine rings is 1.